The number of aromatic nitrogens is 2. The Balaban J connectivity index is 1.65. The van der Waals surface area contributed by atoms with Crippen molar-refractivity contribution in [1.29, 1.82) is 0 Å². The van der Waals surface area contributed by atoms with Crippen LogP contribution in [-0.4, -0.2) is 39.7 Å². The number of hydrogen-bond donors (Lipinski definition) is 1. The van der Waals surface area contributed by atoms with Crippen LogP contribution < -0.4 is 5.32 Å². The van der Waals surface area contributed by atoms with Crippen LogP contribution in [0.4, 0.5) is 5.13 Å². The second-order valence-corrected chi connectivity index (χ2v) is 8.27. The zero-order valence-electron chi connectivity index (χ0n) is 16.2. The highest BCUT2D eigenvalue weighted by molar-refractivity contribution is 7.17. The first kappa shape index (κ1) is 20.2. The van der Waals surface area contributed by atoms with Gasteiger partial charge in [0.2, 0.25) is 11.8 Å². The molecule has 2 atom stereocenters. The minimum atomic E-state index is -0.456. The first-order valence-corrected chi connectivity index (χ1v) is 10.2. The van der Waals surface area contributed by atoms with Crippen molar-refractivity contribution in [3.8, 4) is 0 Å². The summed E-state index contributed by atoms with van der Waals surface area (Å²) in [5.74, 6) is -0.499. The van der Waals surface area contributed by atoms with Gasteiger partial charge in [-0.2, -0.15) is 0 Å². The second kappa shape index (κ2) is 8.64. The number of Topliss-reactive ketones (excluding diaryl/α,β-unsaturated/α-hetero) is 1. The summed E-state index contributed by atoms with van der Waals surface area (Å²) in [6.07, 6.45) is 3.34. The van der Waals surface area contributed by atoms with Gasteiger partial charge in [0.05, 0.1) is 23.0 Å². The van der Waals surface area contributed by atoms with Gasteiger partial charge >= 0.3 is 0 Å². The van der Waals surface area contributed by atoms with E-state index in [1.807, 2.05) is 13.8 Å². The molecule has 0 bridgehead atoms. The number of carbonyl (C=O) groups excluding carboxylic acids is 3. The van der Waals surface area contributed by atoms with E-state index in [0.717, 1.165) is 6.42 Å². The average molecular weight is 404 g/mol. The molecule has 0 saturated heterocycles. The molecule has 1 aliphatic carbocycles. The lowest BCUT2D eigenvalue weighted by atomic mass is 9.89. The normalized spacial score (nSPS) is 17.1. The van der Waals surface area contributed by atoms with Crippen LogP contribution in [-0.2, 0) is 22.6 Å². The van der Waals surface area contributed by atoms with E-state index >= 15 is 0 Å². The van der Waals surface area contributed by atoms with Crippen LogP contribution in [0.15, 0.2) is 16.9 Å². The van der Waals surface area contributed by atoms with Crippen LogP contribution in [0.25, 0.3) is 0 Å². The summed E-state index contributed by atoms with van der Waals surface area (Å²) < 4.78 is 4.78. The molecule has 28 heavy (non-hydrogen) atoms. The van der Waals surface area contributed by atoms with Gasteiger partial charge < -0.3 is 14.7 Å². The number of rotatable bonds is 7. The Morgan fingerprint density at radius 2 is 2.21 bits per heavy atom. The summed E-state index contributed by atoms with van der Waals surface area (Å²) in [4.78, 5) is 43.8. The number of carbonyl (C=O) groups is 3. The fourth-order valence-corrected chi connectivity index (χ4v) is 4.10. The zero-order valence-corrected chi connectivity index (χ0v) is 17.0. The number of thiazole rings is 1. The molecule has 9 heteroatoms. The number of ketones is 1. The van der Waals surface area contributed by atoms with Crippen molar-refractivity contribution in [1.82, 2.24) is 15.0 Å². The van der Waals surface area contributed by atoms with E-state index in [1.54, 1.807) is 18.0 Å². The molecule has 0 aromatic carbocycles. The number of nitrogens with one attached hydrogen (secondary N) is 1. The standard InChI is InChI=1S/C19H24N4O4S/c1-4-11(2)7-16(25)21-19-20-14-8-12(9-15(24)17(14)28-19)18(26)23(3)10-13-5-6-27-22-13/h5-6,11-12H,4,7-10H2,1-3H3,(H,20,21,25). The van der Waals surface area contributed by atoms with Crippen molar-refractivity contribution in [3.05, 3.63) is 28.6 Å². The lowest BCUT2D eigenvalue weighted by Crippen LogP contribution is -2.36. The van der Waals surface area contributed by atoms with Crippen LogP contribution >= 0.6 is 11.3 Å². The molecule has 0 radical (unpaired) electrons. The Morgan fingerprint density at radius 1 is 1.43 bits per heavy atom. The van der Waals surface area contributed by atoms with Gasteiger partial charge in [-0.25, -0.2) is 4.98 Å². The smallest absolute Gasteiger partial charge is 0.226 e. The first-order valence-electron chi connectivity index (χ1n) is 9.34. The molecule has 1 N–H and O–H groups in total. The SMILES string of the molecule is CCC(C)CC(=O)Nc1nc2c(s1)C(=O)CC(C(=O)N(C)Cc1ccon1)C2. The zero-order chi connectivity index (χ0) is 20.3. The van der Waals surface area contributed by atoms with Gasteiger partial charge in [0.15, 0.2) is 10.9 Å². The monoisotopic (exact) mass is 404 g/mol. The molecule has 2 amide bonds. The third-order valence-electron chi connectivity index (χ3n) is 4.92. The largest absolute Gasteiger partial charge is 0.364 e. The molecular weight excluding hydrogens is 380 g/mol. The Hall–Kier alpha value is -2.55. The minimum absolute atomic E-state index is 0.102. The summed E-state index contributed by atoms with van der Waals surface area (Å²) >= 11 is 1.19. The highest BCUT2D eigenvalue weighted by atomic mass is 32.1. The molecule has 2 aromatic rings. The van der Waals surface area contributed by atoms with Gasteiger partial charge in [0.1, 0.15) is 12.0 Å². The number of anilines is 1. The quantitative estimate of drug-likeness (QED) is 0.761. The van der Waals surface area contributed by atoms with Gasteiger partial charge in [0.25, 0.3) is 0 Å². The van der Waals surface area contributed by atoms with Crippen molar-refractivity contribution in [2.24, 2.45) is 11.8 Å². The van der Waals surface area contributed by atoms with Crippen molar-refractivity contribution in [2.45, 2.75) is 46.1 Å². The predicted octanol–water partition coefficient (Wildman–Crippen LogP) is 2.91. The molecule has 2 heterocycles. The maximum atomic E-state index is 12.7. The second-order valence-electron chi connectivity index (χ2n) is 7.27. The van der Waals surface area contributed by atoms with Crippen LogP contribution in [0.5, 0.6) is 0 Å². The van der Waals surface area contributed by atoms with Gasteiger partial charge in [0, 0.05) is 32.4 Å². The maximum absolute atomic E-state index is 12.7. The number of fused-ring (bicyclic) bond motifs is 1. The van der Waals surface area contributed by atoms with Crippen molar-refractivity contribution < 1.29 is 18.9 Å². The van der Waals surface area contributed by atoms with E-state index in [1.165, 1.54) is 17.6 Å². The Bertz CT molecular complexity index is 861. The fourth-order valence-electron chi connectivity index (χ4n) is 3.14. The van der Waals surface area contributed by atoms with Crippen LogP contribution in [0.1, 0.15) is 54.2 Å². The van der Waals surface area contributed by atoms with Gasteiger partial charge in [-0.15, -0.1) is 0 Å². The number of amides is 2. The molecule has 0 saturated carbocycles. The Labute approximate surface area is 167 Å². The third kappa shape index (κ3) is 4.64. The third-order valence-corrected chi connectivity index (χ3v) is 5.97. The van der Waals surface area contributed by atoms with Gasteiger partial charge in [-0.3, -0.25) is 14.4 Å². The summed E-state index contributed by atoms with van der Waals surface area (Å²) in [7, 11) is 1.68. The fraction of sp³-hybridized carbons (Fsp3) is 0.526. The molecule has 8 nitrogen and oxygen atoms in total. The lowest BCUT2D eigenvalue weighted by molar-refractivity contribution is -0.134. The van der Waals surface area contributed by atoms with Crippen molar-refractivity contribution in [2.75, 3.05) is 12.4 Å². The molecule has 2 unspecified atom stereocenters. The molecule has 150 valence electrons. The Kier molecular flexibility index (Phi) is 6.23. The molecule has 0 fully saturated rings. The first-order chi connectivity index (χ1) is 13.4. The molecule has 0 spiro atoms. The molecule has 1 aliphatic rings. The van der Waals surface area contributed by atoms with E-state index in [-0.39, 0.29) is 24.0 Å². The van der Waals surface area contributed by atoms with Crippen LogP contribution in [0, 0.1) is 11.8 Å². The van der Waals surface area contributed by atoms with Crippen molar-refractivity contribution >= 4 is 34.1 Å². The average Bonchev–Trinajstić information content (AvgIpc) is 3.30. The number of nitrogens with zero attached hydrogens (tertiary/aromatic N) is 3. The van der Waals surface area contributed by atoms with E-state index in [0.29, 0.717) is 46.7 Å². The summed E-state index contributed by atoms with van der Waals surface area (Å²) in [6.45, 7) is 4.37. The van der Waals surface area contributed by atoms with E-state index < -0.39 is 5.92 Å². The van der Waals surface area contributed by atoms with Gasteiger partial charge in [-0.05, 0) is 5.92 Å². The lowest BCUT2D eigenvalue weighted by Gasteiger charge is -2.24. The molecule has 2 aromatic heterocycles. The number of hydrogen-bond acceptors (Lipinski definition) is 7. The summed E-state index contributed by atoms with van der Waals surface area (Å²) in [6, 6.07) is 1.70. The van der Waals surface area contributed by atoms with Gasteiger partial charge in [-0.1, -0.05) is 36.8 Å². The Morgan fingerprint density at radius 3 is 2.89 bits per heavy atom. The highest BCUT2D eigenvalue weighted by Gasteiger charge is 2.34. The molecule has 0 aliphatic heterocycles. The predicted molar refractivity (Wildman–Crippen MR) is 104 cm³/mol. The minimum Gasteiger partial charge on any atom is -0.364 e. The van der Waals surface area contributed by atoms with E-state index in [2.05, 4.69) is 15.5 Å². The van der Waals surface area contributed by atoms with Crippen LogP contribution in [0.3, 0.4) is 0 Å². The highest BCUT2D eigenvalue weighted by Crippen LogP contribution is 2.33. The van der Waals surface area contributed by atoms with E-state index in [4.69, 9.17) is 4.52 Å². The van der Waals surface area contributed by atoms with Crippen LogP contribution in [0.2, 0.25) is 0 Å². The molecule has 3 rings (SSSR count). The molecular formula is C19H24N4O4S. The summed E-state index contributed by atoms with van der Waals surface area (Å²) in [5.41, 5.74) is 1.24. The van der Waals surface area contributed by atoms with E-state index in [9.17, 15) is 14.4 Å². The summed E-state index contributed by atoms with van der Waals surface area (Å²) in [5, 5.41) is 7.02. The van der Waals surface area contributed by atoms with Crippen molar-refractivity contribution in [3.63, 3.8) is 0 Å². The topological polar surface area (TPSA) is 105 Å². The maximum Gasteiger partial charge on any atom is 0.226 e.